The van der Waals surface area contributed by atoms with Crippen LogP contribution in [0.3, 0.4) is 0 Å². The molecule has 0 aromatic heterocycles. The van der Waals surface area contributed by atoms with E-state index >= 15 is 0 Å². The average molecular weight is 474 g/mol. The van der Waals surface area contributed by atoms with Crippen molar-refractivity contribution in [1.29, 1.82) is 0 Å². The molecule has 1 aliphatic heterocycles. The van der Waals surface area contributed by atoms with Crippen molar-refractivity contribution in [2.45, 2.75) is 57.3 Å². The van der Waals surface area contributed by atoms with E-state index in [4.69, 9.17) is 0 Å². The number of aliphatic hydroxyl groups excluding tert-OH is 2. The van der Waals surface area contributed by atoms with Crippen molar-refractivity contribution in [1.82, 2.24) is 4.90 Å². The monoisotopic (exact) mass is 473 g/mol. The second-order valence-corrected chi connectivity index (χ2v) is 10.1. The van der Waals surface area contributed by atoms with Crippen molar-refractivity contribution >= 4 is 0 Å². The molecule has 0 bridgehead atoms. The minimum atomic E-state index is -0.985. The van der Waals surface area contributed by atoms with Gasteiger partial charge in [-0.1, -0.05) is 78.9 Å². The van der Waals surface area contributed by atoms with E-state index in [0.717, 1.165) is 66.7 Å². The van der Waals surface area contributed by atoms with Crippen LogP contribution >= 0.6 is 0 Å². The maximum absolute atomic E-state index is 12.0. The lowest BCUT2D eigenvalue weighted by Crippen LogP contribution is -2.44. The predicted octanol–water partition coefficient (Wildman–Crippen LogP) is 5.51. The summed E-state index contributed by atoms with van der Waals surface area (Å²) >= 11 is 0. The Balaban J connectivity index is 1.33. The van der Waals surface area contributed by atoms with Gasteiger partial charge in [-0.3, -0.25) is 0 Å². The lowest BCUT2D eigenvalue weighted by Gasteiger charge is -2.42. The van der Waals surface area contributed by atoms with E-state index in [9.17, 15) is 15.3 Å². The quantitative estimate of drug-likeness (QED) is 0.383. The van der Waals surface area contributed by atoms with Crippen LogP contribution in [0.1, 0.15) is 72.6 Å². The second kappa shape index (κ2) is 11.5. The van der Waals surface area contributed by atoms with Crippen molar-refractivity contribution in [3.8, 4) is 0 Å². The van der Waals surface area contributed by atoms with Gasteiger partial charge < -0.3 is 20.2 Å². The van der Waals surface area contributed by atoms with Gasteiger partial charge in [0.1, 0.15) is 5.60 Å². The van der Waals surface area contributed by atoms with Crippen LogP contribution in [-0.2, 0) is 5.60 Å². The summed E-state index contributed by atoms with van der Waals surface area (Å²) in [4.78, 5) is 2.46. The minimum absolute atomic E-state index is 0.157. The van der Waals surface area contributed by atoms with E-state index in [0.29, 0.717) is 6.42 Å². The fourth-order valence-corrected chi connectivity index (χ4v) is 5.65. The number of rotatable bonds is 9. The fraction of sp³-hybridized carbons (Fsp3) is 0.419. The molecule has 1 saturated heterocycles. The van der Waals surface area contributed by atoms with E-state index in [1.54, 1.807) is 6.92 Å². The number of piperidine rings is 1. The van der Waals surface area contributed by atoms with Crippen LogP contribution in [0.5, 0.6) is 0 Å². The summed E-state index contributed by atoms with van der Waals surface area (Å²) in [7, 11) is 0. The van der Waals surface area contributed by atoms with Gasteiger partial charge in [0.05, 0.1) is 12.2 Å². The zero-order chi connectivity index (χ0) is 24.8. The first-order valence-corrected chi connectivity index (χ1v) is 12.9. The second-order valence-electron chi connectivity index (χ2n) is 10.1. The Labute approximate surface area is 209 Å². The van der Waals surface area contributed by atoms with Crippen molar-refractivity contribution in [3.63, 3.8) is 0 Å². The molecule has 0 amide bonds. The number of likely N-dealkylation sites (tertiary alicyclic amines) is 1. The summed E-state index contributed by atoms with van der Waals surface area (Å²) in [5.41, 5.74) is 3.79. The molecule has 3 N–H and O–H groups in total. The van der Waals surface area contributed by atoms with Gasteiger partial charge in [0.15, 0.2) is 0 Å². The number of aliphatic hydroxyl groups is 3. The van der Waals surface area contributed by atoms with Gasteiger partial charge in [0.2, 0.25) is 0 Å². The third kappa shape index (κ3) is 5.84. The van der Waals surface area contributed by atoms with Crippen molar-refractivity contribution in [2.24, 2.45) is 5.92 Å². The Bertz CT molecular complexity index is 1020. The molecule has 3 aromatic carbocycles. The summed E-state index contributed by atoms with van der Waals surface area (Å²) in [6.07, 6.45) is 2.52. The first kappa shape index (κ1) is 25.6. The Morgan fingerprint density at radius 2 is 1.46 bits per heavy atom. The standard InChI is InChI=1S/C31H39NO3/c1-23-22-25(15-16-29(23)24(2)33)30(34)14-9-19-32-20-17-28(18-21-32)31(35,26-10-5-3-6-11-26)27-12-7-4-8-13-27/h3-8,10-13,15-16,22,24,28,30,33-35H,9,14,17-21H2,1-2H3. The van der Waals surface area contributed by atoms with E-state index in [1.807, 2.05) is 85.8 Å². The van der Waals surface area contributed by atoms with Gasteiger partial charge in [0, 0.05) is 0 Å². The molecule has 2 unspecified atom stereocenters. The van der Waals surface area contributed by atoms with Crippen LogP contribution in [0.15, 0.2) is 78.9 Å². The van der Waals surface area contributed by atoms with Crippen LogP contribution in [-0.4, -0.2) is 39.9 Å². The SMILES string of the molecule is Cc1cc(C(O)CCCN2CCC(C(O)(c3ccccc3)c3ccccc3)CC2)ccc1C(C)O. The Kier molecular flexibility index (Phi) is 8.40. The molecule has 0 saturated carbocycles. The van der Waals surface area contributed by atoms with Gasteiger partial charge in [0.25, 0.3) is 0 Å². The maximum Gasteiger partial charge on any atom is 0.117 e. The molecule has 35 heavy (non-hydrogen) atoms. The molecule has 1 fully saturated rings. The van der Waals surface area contributed by atoms with Crippen LogP contribution in [0.4, 0.5) is 0 Å². The molecule has 4 heteroatoms. The average Bonchev–Trinajstić information content (AvgIpc) is 2.89. The Morgan fingerprint density at radius 3 is 1.97 bits per heavy atom. The van der Waals surface area contributed by atoms with Gasteiger partial charge in [-0.05, 0) is 92.9 Å². The van der Waals surface area contributed by atoms with Crippen LogP contribution in [0.2, 0.25) is 0 Å². The zero-order valence-corrected chi connectivity index (χ0v) is 21.0. The normalized spacial score (nSPS) is 17.3. The Hall–Kier alpha value is -2.50. The topological polar surface area (TPSA) is 63.9 Å². The largest absolute Gasteiger partial charge is 0.389 e. The third-order valence-electron chi connectivity index (χ3n) is 7.69. The molecular weight excluding hydrogens is 434 g/mol. The number of benzene rings is 3. The molecule has 0 spiro atoms. The van der Waals surface area contributed by atoms with E-state index in [2.05, 4.69) is 4.90 Å². The molecule has 4 rings (SSSR count). The summed E-state index contributed by atoms with van der Waals surface area (Å²) in [6, 6.07) is 26.0. The van der Waals surface area contributed by atoms with E-state index in [-0.39, 0.29) is 5.92 Å². The molecule has 2 atom stereocenters. The molecule has 0 radical (unpaired) electrons. The number of hydrogen-bond acceptors (Lipinski definition) is 4. The number of hydrogen-bond donors (Lipinski definition) is 3. The third-order valence-corrected chi connectivity index (χ3v) is 7.69. The fourth-order valence-electron chi connectivity index (χ4n) is 5.65. The van der Waals surface area contributed by atoms with Gasteiger partial charge in [-0.25, -0.2) is 0 Å². The van der Waals surface area contributed by atoms with Crippen LogP contribution < -0.4 is 0 Å². The highest BCUT2D eigenvalue weighted by Gasteiger charge is 2.41. The smallest absolute Gasteiger partial charge is 0.117 e. The molecule has 3 aromatic rings. The van der Waals surface area contributed by atoms with Crippen LogP contribution in [0, 0.1) is 12.8 Å². The molecular formula is C31H39NO3. The Morgan fingerprint density at radius 1 is 0.886 bits per heavy atom. The summed E-state index contributed by atoms with van der Waals surface area (Å²) in [5.74, 6) is 0.157. The maximum atomic E-state index is 12.0. The first-order chi connectivity index (χ1) is 16.9. The van der Waals surface area contributed by atoms with Crippen molar-refractivity contribution in [3.05, 3.63) is 107 Å². The lowest BCUT2D eigenvalue weighted by molar-refractivity contribution is -0.0146. The minimum Gasteiger partial charge on any atom is -0.389 e. The van der Waals surface area contributed by atoms with Crippen molar-refractivity contribution < 1.29 is 15.3 Å². The van der Waals surface area contributed by atoms with Crippen molar-refractivity contribution in [2.75, 3.05) is 19.6 Å². The number of aryl methyl sites for hydroxylation is 1. The molecule has 4 nitrogen and oxygen atoms in total. The first-order valence-electron chi connectivity index (χ1n) is 12.9. The molecule has 1 heterocycles. The summed E-state index contributed by atoms with van der Waals surface area (Å²) in [6.45, 7) is 6.59. The highest BCUT2D eigenvalue weighted by Crippen LogP contribution is 2.42. The zero-order valence-electron chi connectivity index (χ0n) is 21.0. The van der Waals surface area contributed by atoms with E-state index < -0.39 is 17.8 Å². The number of nitrogens with zero attached hydrogens (tertiary/aromatic N) is 1. The van der Waals surface area contributed by atoms with Gasteiger partial charge >= 0.3 is 0 Å². The predicted molar refractivity (Wildman–Crippen MR) is 141 cm³/mol. The highest BCUT2D eigenvalue weighted by atomic mass is 16.3. The van der Waals surface area contributed by atoms with Crippen LogP contribution in [0.25, 0.3) is 0 Å². The molecule has 0 aliphatic carbocycles. The van der Waals surface area contributed by atoms with Gasteiger partial charge in [-0.2, -0.15) is 0 Å². The summed E-state index contributed by atoms with van der Waals surface area (Å²) in [5, 5.41) is 32.6. The molecule has 1 aliphatic rings. The van der Waals surface area contributed by atoms with Gasteiger partial charge in [-0.15, -0.1) is 0 Å². The highest BCUT2D eigenvalue weighted by molar-refractivity contribution is 5.37. The van der Waals surface area contributed by atoms with E-state index in [1.165, 1.54) is 0 Å². The lowest BCUT2D eigenvalue weighted by atomic mass is 9.72. The molecule has 186 valence electrons. The summed E-state index contributed by atoms with van der Waals surface area (Å²) < 4.78 is 0.